The lowest BCUT2D eigenvalue weighted by Gasteiger charge is -2.26. The first-order valence-electron chi connectivity index (χ1n) is 8.80. The number of amides is 1. The van der Waals surface area contributed by atoms with Crippen LogP contribution in [0.25, 0.3) is 0 Å². The van der Waals surface area contributed by atoms with Crippen molar-refractivity contribution in [1.82, 2.24) is 14.7 Å². The third kappa shape index (κ3) is 4.46. The van der Waals surface area contributed by atoms with E-state index in [0.29, 0.717) is 18.8 Å². The number of nitrogens with zero attached hydrogens (tertiary/aromatic N) is 3. The molecule has 1 fully saturated rings. The second-order valence-electron chi connectivity index (χ2n) is 6.77. The Balaban J connectivity index is 1.56. The number of carbonyl (C=O) groups excluding carboxylic acids is 1. The van der Waals surface area contributed by atoms with Crippen LogP contribution in [0.2, 0.25) is 0 Å². The minimum atomic E-state index is -0.491. The second kappa shape index (κ2) is 7.80. The van der Waals surface area contributed by atoms with Crippen LogP contribution in [-0.2, 0) is 11.8 Å². The Morgan fingerprint density at radius 1 is 1.40 bits per heavy atom. The molecule has 2 heterocycles. The quantitative estimate of drug-likeness (QED) is 0.845. The number of aliphatic hydroxyl groups is 1. The number of hydrogen-bond donors (Lipinski definition) is 2. The van der Waals surface area contributed by atoms with Gasteiger partial charge in [0.1, 0.15) is 5.82 Å². The van der Waals surface area contributed by atoms with Crippen LogP contribution in [-0.4, -0.2) is 44.8 Å². The fourth-order valence-electron chi connectivity index (χ4n) is 3.53. The average molecular weight is 342 g/mol. The summed E-state index contributed by atoms with van der Waals surface area (Å²) in [7, 11) is 1.82. The van der Waals surface area contributed by atoms with Crippen molar-refractivity contribution in [3.63, 3.8) is 0 Å². The number of benzene rings is 1. The zero-order chi connectivity index (χ0) is 17.8. The third-order valence-electron chi connectivity index (χ3n) is 4.79. The van der Waals surface area contributed by atoms with Crippen LogP contribution in [0.15, 0.2) is 36.4 Å². The number of rotatable bonds is 6. The normalized spacial score (nSPS) is 19.1. The lowest BCUT2D eigenvalue weighted by atomic mass is 10.0. The molecule has 6 heteroatoms. The number of anilines is 1. The Hall–Kier alpha value is -2.18. The molecule has 0 spiro atoms. The molecular formula is C19H26N4O2. The summed E-state index contributed by atoms with van der Waals surface area (Å²) in [6.45, 7) is 3.14. The van der Waals surface area contributed by atoms with Gasteiger partial charge in [-0.3, -0.25) is 14.4 Å². The van der Waals surface area contributed by atoms with E-state index in [1.165, 1.54) is 0 Å². The fourth-order valence-corrected chi connectivity index (χ4v) is 3.53. The zero-order valence-electron chi connectivity index (χ0n) is 14.9. The van der Waals surface area contributed by atoms with Gasteiger partial charge in [0.05, 0.1) is 18.3 Å². The summed E-state index contributed by atoms with van der Waals surface area (Å²) in [4.78, 5) is 14.5. The van der Waals surface area contributed by atoms with Gasteiger partial charge in [0.15, 0.2) is 0 Å². The number of likely N-dealkylation sites (tertiary alicyclic amines) is 1. The molecule has 134 valence electrons. The lowest BCUT2D eigenvalue weighted by molar-refractivity contribution is -0.117. The van der Waals surface area contributed by atoms with Crippen molar-refractivity contribution < 1.29 is 9.90 Å². The van der Waals surface area contributed by atoms with Gasteiger partial charge in [0.25, 0.3) is 0 Å². The van der Waals surface area contributed by atoms with Gasteiger partial charge in [-0.2, -0.15) is 5.10 Å². The second-order valence-corrected chi connectivity index (χ2v) is 6.77. The van der Waals surface area contributed by atoms with Crippen LogP contribution >= 0.6 is 0 Å². The number of nitrogens with one attached hydrogen (secondary N) is 1. The van der Waals surface area contributed by atoms with Crippen molar-refractivity contribution in [3.8, 4) is 0 Å². The molecule has 0 saturated carbocycles. The summed E-state index contributed by atoms with van der Waals surface area (Å²) in [5.41, 5.74) is 1.81. The van der Waals surface area contributed by atoms with Gasteiger partial charge in [-0.1, -0.05) is 30.3 Å². The topological polar surface area (TPSA) is 70.4 Å². The number of aryl methyl sites for hydroxylation is 2. The zero-order valence-corrected chi connectivity index (χ0v) is 14.9. The van der Waals surface area contributed by atoms with Crippen LogP contribution < -0.4 is 5.32 Å². The van der Waals surface area contributed by atoms with Crippen molar-refractivity contribution in [2.24, 2.45) is 7.05 Å². The predicted octanol–water partition coefficient (Wildman–Crippen LogP) is 2.26. The first-order chi connectivity index (χ1) is 12.0. The lowest BCUT2D eigenvalue weighted by Crippen LogP contribution is -2.37. The average Bonchev–Trinajstić information content (AvgIpc) is 3.14. The molecule has 1 aliphatic rings. The summed E-state index contributed by atoms with van der Waals surface area (Å²) in [6.07, 6.45) is 2.24. The maximum absolute atomic E-state index is 12.4. The maximum atomic E-state index is 12.4. The van der Waals surface area contributed by atoms with Crippen LogP contribution in [0.4, 0.5) is 5.82 Å². The van der Waals surface area contributed by atoms with Crippen molar-refractivity contribution in [2.75, 3.05) is 18.4 Å². The molecule has 1 aromatic carbocycles. The largest absolute Gasteiger partial charge is 0.388 e. The van der Waals surface area contributed by atoms with Gasteiger partial charge in [-0.15, -0.1) is 0 Å². The summed E-state index contributed by atoms with van der Waals surface area (Å²) in [5.74, 6) is 0.673. The molecule has 1 amide bonds. The maximum Gasteiger partial charge on any atom is 0.239 e. The van der Waals surface area contributed by atoms with Gasteiger partial charge < -0.3 is 10.4 Å². The van der Waals surface area contributed by atoms with Crippen molar-refractivity contribution in [2.45, 2.75) is 38.3 Å². The first kappa shape index (κ1) is 17.6. The number of aliphatic hydroxyl groups excluding tert-OH is 1. The monoisotopic (exact) mass is 342 g/mol. The number of carbonyl (C=O) groups is 1. The summed E-state index contributed by atoms with van der Waals surface area (Å²) in [5, 5.41) is 17.6. The Labute approximate surface area is 148 Å². The van der Waals surface area contributed by atoms with Gasteiger partial charge in [0.2, 0.25) is 5.91 Å². The van der Waals surface area contributed by atoms with E-state index in [9.17, 15) is 9.90 Å². The molecule has 2 N–H and O–H groups in total. The summed E-state index contributed by atoms with van der Waals surface area (Å²) < 4.78 is 1.67. The van der Waals surface area contributed by atoms with E-state index in [0.717, 1.165) is 30.6 Å². The van der Waals surface area contributed by atoms with Crippen LogP contribution in [0.5, 0.6) is 0 Å². The molecule has 25 heavy (non-hydrogen) atoms. The molecule has 1 aromatic heterocycles. The van der Waals surface area contributed by atoms with E-state index in [1.54, 1.807) is 4.68 Å². The Morgan fingerprint density at radius 2 is 2.16 bits per heavy atom. The molecule has 0 bridgehead atoms. The van der Waals surface area contributed by atoms with Gasteiger partial charge in [0, 0.05) is 19.2 Å². The molecule has 6 nitrogen and oxygen atoms in total. The standard InChI is InChI=1S/C19H26N4O2/c1-14-11-18(22(2)21-14)20-19(25)13-23-10-6-9-16(23)12-17(24)15-7-4-3-5-8-15/h3-5,7-8,11,16-17,24H,6,9-10,12-13H2,1-2H3,(H,20,25)/t16-,17-/m1/s1. The van der Waals surface area contributed by atoms with Crippen molar-refractivity contribution in [1.29, 1.82) is 0 Å². The minimum Gasteiger partial charge on any atom is -0.388 e. The van der Waals surface area contributed by atoms with Gasteiger partial charge >= 0.3 is 0 Å². The predicted molar refractivity (Wildman–Crippen MR) is 97.2 cm³/mol. The highest BCUT2D eigenvalue weighted by Crippen LogP contribution is 2.27. The molecule has 0 radical (unpaired) electrons. The molecule has 0 unspecified atom stereocenters. The number of hydrogen-bond acceptors (Lipinski definition) is 4. The Kier molecular flexibility index (Phi) is 5.50. The van der Waals surface area contributed by atoms with Gasteiger partial charge in [-0.05, 0) is 38.3 Å². The van der Waals surface area contributed by atoms with E-state index < -0.39 is 6.10 Å². The van der Waals surface area contributed by atoms with Crippen LogP contribution in [0.3, 0.4) is 0 Å². The van der Waals surface area contributed by atoms with Gasteiger partial charge in [-0.25, -0.2) is 0 Å². The highest BCUT2D eigenvalue weighted by molar-refractivity contribution is 5.91. The van der Waals surface area contributed by atoms with E-state index in [-0.39, 0.29) is 11.9 Å². The summed E-state index contributed by atoms with van der Waals surface area (Å²) >= 11 is 0. The minimum absolute atomic E-state index is 0.0379. The SMILES string of the molecule is Cc1cc(NC(=O)CN2CCC[C@@H]2C[C@@H](O)c2ccccc2)n(C)n1. The van der Waals surface area contributed by atoms with Crippen LogP contribution in [0.1, 0.15) is 36.6 Å². The Morgan fingerprint density at radius 3 is 2.84 bits per heavy atom. The third-order valence-corrected chi connectivity index (χ3v) is 4.79. The highest BCUT2D eigenvalue weighted by Gasteiger charge is 2.28. The molecule has 3 rings (SSSR count). The molecular weight excluding hydrogens is 316 g/mol. The first-order valence-corrected chi connectivity index (χ1v) is 8.80. The van der Waals surface area contributed by atoms with Crippen LogP contribution in [0, 0.1) is 6.92 Å². The molecule has 1 saturated heterocycles. The van der Waals surface area contributed by atoms with Crippen molar-refractivity contribution in [3.05, 3.63) is 47.7 Å². The number of aromatic nitrogens is 2. The fraction of sp³-hybridized carbons (Fsp3) is 0.474. The smallest absolute Gasteiger partial charge is 0.239 e. The van der Waals surface area contributed by atoms with Crippen molar-refractivity contribution >= 4 is 11.7 Å². The highest BCUT2D eigenvalue weighted by atomic mass is 16.3. The van der Waals surface area contributed by atoms with E-state index in [1.807, 2.05) is 50.4 Å². The molecule has 0 aliphatic carbocycles. The molecule has 1 aliphatic heterocycles. The van der Waals surface area contributed by atoms with E-state index in [4.69, 9.17) is 0 Å². The molecule has 2 aromatic rings. The Bertz CT molecular complexity index is 713. The van der Waals surface area contributed by atoms with E-state index in [2.05, 4.69) is 15.3 Å². The van der Waals surface area contributed by atoms with E-state index >= 15 is 0 Å². The summed E-state index contributed by atoms with van der Waals surface area (Å²) in [6, 6.07) is 11.8. The molecule has 2 atom stereocenters.